The molecular formula is C13H22N2O2. The van der Waals surface area contributed by atoms with Crippen LogP contribution in [0, 0.1) is 6.92 Å². The van der Waals surface area contributed by atoms with Gasteiger partial charge in [0, 0.05) is 12.1 Å². The van der Waals surface area contributed by atoms with Gasteiger partial charge in [-0.05, 0) is 44.2 Å². The lowest BCUT2D eigenvalue weighted by Gasteiger charge is -2.23. The second kappa shape index (κ2) is 5.89. The number of ether oxygens (including phenoxy) is 2. The molecule has 0 aromatic heterocycles. The molecule has 4 nitrogen and oxygen atoms in total. The molecule has 1 aromatic carbocycles. The highest BCUT2D eigenvalue weighted by Crippen LogP contribution is 2.33. The number of hydrogen-bond donors (Lipinski definition) is 2. The van der Waals surface area contributed by atoms with Gasteiger partial charge in [0.2, 0.25) is 0 Å². The van der Waals surface area contributed by atoms with Gasteiger partial charge in [-0.2, -0.15) is 0 Å². The predicted octanol–water partition coefficient (Wildman–Crippen LogP) is 1.62. The highest BCUT2D eigenvalue weighted by atomic mass is 16.5. The number of nitrogens with one attached hydrogen (secondary N) is 1. The molecule has 0 amide bonds. The van der Waals surface area contributed by atoms with Crippen LogP contribution in [0.3, 0.4) is 0 Å². The molecule has 96 valence electrons. The lowest BCUT2D eigenvalue weighted by Crippen LogP contribution is -2.34. The van der Waals surface area contributed by atoms with Crippen molar-refractivity contribution < 1.29 is 9.47 Å². The zero-order valence-electron chi connectivity index (χ0n) is 11.2. The minimum atomic E-state index is 0.0248. The van der Waals surface area contributed by atoms with Gasteiger partial charge < -0.3 is 20.5 Å². The highest BCUT2D eigenvalue weighted by Gasteiger charge is 2.18. The number of nitrogens with two attached hydrogens (primary N) is 1. The quantitative estimate of drug-likeness (QED) is 0.818. The largest absolute Gasteiger partial charge is 0.493 e. The molecule has 0 aliphatic rings. The molecular weight excluding hydrogens is 216 g/mol. The van der Waals surface area contributed by atoms with Gasteiger partial charge in [0.05, 0.1) is 14.2 Å². The van der Waals surface area contributed by atoms with Gasteiger partial charge in [0.1, 0.15) is 0 Å². The Morgan fingerprint density at radius 1 is 1.18 bits per heavy atom. The van der Waals surface area contributed by atoms with Crippen molar-refractivity contribution >= 4 is 0 Å². The van der Waals surface area contributed by atoms with Crippen molar-refractivity contribution in [1.29, 1.82) is 0 Å². The van der Waals surface area contributed by atoms with Crippen LogP contribution in [0.25, 0.3) is 0 Å². The van der Waals surface area contributed by atoms with E-state index in [4.69, 9.17) is 15.2 Å². The summed E-state index contributed by atoms with van der Waals surface area (Å²) in [5.74, 6) is 1.47. The Labute approximate surface area is 103 Å². The van der Waals surface area contributed by atoms with Crippen molar-refractivity contribution in [3.05, 3.63) is 23.3 Å². The second-order valence-electron chi connectivity index (χ2n) is 4.19. The summed E-state index contributed by atoms with van der Waals surface area (Å²) in [6, 6.07) is 4.09. The molecule has 0 spiro atoms. The number of hydrogen-bond acceptors (Lipinski definition) is 4. The van der Waals surface area contributed by atoms with E-state index >= 15 is 0 Å². The van der Waals surface area contributed by atoms with Crippen molar-refractivity contribution in [2.45, 2.75) is 25.9 Å². The molecule has 0 fully saturated rings. The zero-order valence-corrected chi connectivity index (χ0v) is 11.2. The van der Waals surface area contributed by atoms with E-state index < -0.39 is 0 Å². The molecule has 0 aliphatic heterocycles. The molecule has 3 N–H and O–H groups in total. The summed E-state index contributed by atoms with van der Waals surface area (Å²) < 4.78 is 10.6. The third-order valence-corrected chi connectivity index (χ3v) is 2.94. The van der Waals surface area contributed by atoms with Crippen LogP contribution < -0.4 is 20.5 Å². The van der Waals surface area contributed by atoms with E-state index in [0.29, 0.717) is 0 Å². The van der Waals surface area contributed by atoms with E-state index in [-0.39, 0.29) is 12.1 Å². The minimum absolute atomic E-state index is 0.0248. The third-order valence-electron chi connectivity index (χ3n) is 2.94. The van der Waals surface area contributed by atoms with Crippen molar-refractivity contribution in [1.82, 2.24) is 5.32 Å². The van der Waals surface area contributed by atoms with E-state index in [0.717, 1.165) is 22.6 Å². The number of likely N-dealkylation sites (N-methyl/N-ethyl adjacent to an activating group) is 1. The maximum Gasteiger partial charge on any atom is 0.161 e. The topological polar surface area (TPSA) is 56.5 Å². The van der Waals surface area contributed by atoms with Gasteiger partial charge in [-0.1, -0.05) is 0 Å². The summed E-state index contributed by atoms with van der Waals surface area (Å²) in [7, 11) is 5.18. The average Bonchev–Trinajstić information content (AvgIpc) is 2.31. The van der Waals surface area contributed by atoms with Crippen LogP contribution in [0.4, 0.5) is 0 Å². The normalized spacial score (nSPS) is 14.2. The standard InChI is InChI=1S/C13H22N2O2/c1-8-6-11(16-4)12(17-5)7-10(8)13(15-3)9(2)14/h6-7,9,13,15H,14H2,1-5H3. The fourth-order valence-corrected chi connectivity index (χ4v) is 2.03. The zero-order chi connectivity index (χ0) is 13.0. The van der Waals surface area contributed by atoms with Crippen LogP contribution in [0.15, 0.2) is 12.1 Å². The van der Waals surface area contributed by atoms with Crippen molar-refractivity contribution in [2.24, 2.45) is 5.73 Å². The lowest BCUT2D eigenvalue weighted by molar-refractivity contribution is 0.353. The second-order valence-corrected chi connectivity index (χ2v) is 4.19. The maximum atomic E-state index is 5.98. The summed E-state index contributed by atoms with van der Waals surface area (Å²) >= 11 is 0. The maximum absolute atomic E-state index is 5.98. The monoisotopic (exact) mass is 238 g/mol. The predicted molar refractivity (Wildman–Crippen MR) is 69.7 cm³/mol. The Bertz CT molecular complexity index is 378. The Morgan fingerprint density at radius 3 is 2.12 bits per heavy atom. The molecule has 0 radical (unpaired) electrons. The summed E-state index contributed by atoms with van der Waals surface area (Å²) in [6.45, 7) is 4.03. The van der Waals surface area contributed by atoms with Crippen molar-refractivity contribution in [3.8, 4) is 11.5 Å². The van der Waals surface area contributed by atoms with Crippen LogP contribution in [-0.2, 0) is 0 Å². The summed E-state index contributed by atoms with van der Waals surface area (Å²) in [6.07, 6.45) is 0. The molecule has 0 heterocycles. The van der Waals surface area contributed by atoms with E-state index in [9.17, 15) is 0 Å². The fourth-order valence-electron chi connectivity index (χ4n) is 2.03. The fraction of sp³-hybridized carbons (Fsp3) is 0.538. The van der Waals surface area contributed by atoms with Gasteiger partial charge >= 0.3 is 0 Å². The minimum Gasteiger partial charge on any atom is -0.493 e. The number of rotatable bonds is 5. The lowest BCUT2D eigenvalue weighted by atomic mass is 9.96. The van der Waals surface area contributed by atoms with Crippen LogP contribution in [0.2, 0.25) is 0 Å². The van der Waals surface area contributed by atoms with Gasteiger partial charge in [0.25, 0.3) is 0 Å². The summed E-state index contributed by atoms with van der Waals surface area (Å²) in [5.41, 5.74) is 8.25. The Kier molecular flexibility index (Phi) is 4.78. The molecule has 2 atom stereocenters. The first-order chi connectivity index (χ1) is 8.04. The molecule has 0 bridgehead atoms. The van der Waals surface area contributed by atoms with Gasteiger partial charge in [-0.15, -0.1) is 0 Å². The van der Waals surface area contributed by atoms with E-state index in [1.807, 2.05) is 33.0 Å². The highest BCUT2D eigenvalue weighted by molar-refractivity contribution is 5.48. The van der Waals surface area contributed by atoms with E-state index in [1.54, 1.807) is 14.2 Å². The summed E-state index contributed by atoms with van der Waals surface area (Å²) in [5, 5.41) is 3.23. The SMILES string of the molecule is CNC(c1cc(OC)c(OC)cc1C)C(C)N. The van der Waals surface area contributed by atoms with E-state index in [2.05, 4.69) is 5.32 Å². The average molecular weight is 238 g/mol. The summed E-state index contributed by atoms with van der Waals surface area (Å²) in [4.78, 5) is 0. The van der Waals surface area contributed by atoms with Gasteiger partial charge in [-0.3, -0.25) is 0 Å². The molecule has 0 saturated carbocycles. The Hall–Kier alpha value is -1.26. The smallest absolute Gasteiger partial charge is 0.161 e. The van der Waals surface area contributed by atoms with Crippen molar-refractivity contribution in [3.63, 3.8) is 0 Å². The molecule has 0 aliphatic carbocycles. The Balaban J connectivity index is 3.24. The first-order valence-corrected chi connectivity index (χ1v) is 5.70. The number of methoxy groups -OCH3 is 2. The Morgan fingerprint density at radius 2 is 1.71 bits per heavy atom. The molecule has 2 unspecified atom stereocenters. The van der Waals surface area contributed by atoms with Gasteiger partial charge in [-0.25, -0.2) is 0 Å². The van der Waals surface area contributed by atoms with Crippen molar-refractivity contribution in [2.75, 3.05) is 21.3 Å². The molecule has 1 rings (SSSR count). The van der Waals surface area contributed by atoms with Crippen LogP contribution in [0.5, 0.6) is 11.5 Å². The van der Waals surface area contributed by atoms with Gasteiger partial charge in [0.15, 0.2) is 11.5 Å². The van der Waals surface area contributed by atoms with E-state index in [1.165, 1.54) is 0 Å². The van der Waals surface area contributed by atoms with Crippen LogP contribution in [0.1, 0.15) is 24.1 Å². The third kappa shape index (κ3) is 2.90. The molecule has 4 heteroatoms. The molecule has 0 saturated heterocycles. The first-order valence-electron chi connectivity index (χ1n) is 5.70. The first kappa shape index (κ1) is 13.8. The van der Waals surface area contributed by atoms with Crippen LogP contribution in [-0.4, -0.2) is 27.3 Å². The molecule has 1 aromatic rings. The molecule has 17 heavy (non-hydrogen) atoms. The number of benzene rings is 1. The van der Waals surface area contributed by atoms with Crippen LogP contribution >= 0.6 is 0 Å². The number of aryl methyl sites for hydroxylation is 1.